The highest BCUT2D eigenvalue weighted by molar-refractivity contribution is 5.68. The van der Waals surface area contributed by atoms with Crippen LogP contribution in [0.4, 0.5) is 26.1 Å². The number of benzene rings is 1. The van der Waals surface area contributed by atoms with Crippen molar-refractivity contribution in [3.63, 3.8) is 0 Å². The molecule has 7 heteroatoms. The minimum Gasteiger partial charge on any atom is -0.363 e. The number of rotatable bonds is 5. The van der Waals surface area contributed by atoms with Gasteiger partial charge in [0.25, 0.3) is 0 Å². The van der Waals surface area contributed by atoms with E-state index in [2.05, 4.69) is 20.6 Å². The average Bonchev–Trinajstić information content (AvgIpc) is 2.73. The van der Waals surface area contributed by atoms with Gasteiger partial charge >= 0.3 is 0 Å². The summed E-state index contributed by atoms with van der Waals surface area (Å²) in [6.07, 6.45) is 5.59. The molecule has 156 valence electrons. The Morgan fingerprint density at radius 1 is 1.00 bits per heavy atom. The fourth-order valence-electron chi connectivity index (χ4n) is 3.78. The van der Waals surface area contributed by atoms with Gasteiger partial charge in [0.05, 0.1) is 5.69 Å². The van der Waals surface area contributed by atoms with Crippen LogP contribution in [0.2, 0.25) is 0 Å². The van der Waals surface area contributed by atoms with E-state index < -0.39 is 5.82 Å². The molecule has 0 amide bonds. The molecule has 0 aliphatic heterocycles. The van der Waals surface area contributed by atoms with Crippen molar-refractivity contribution in [2.24, 2.45) is 5.73 Å². The lowest BCUT2D eigenvalue weighted by atomic mass is 9.91. The third-order valence-electron chi connectivity index (χ3n) is 5.48. The number of nitrogens with zero attached hydrogens (tertiary/aromatic N) is 2. The van der Waals surface area contributed by atoms with Gasteiger partial charge in [-0.1, -0.05) is 25.0 Å². The summed E-state index contributed by atoms with van der Waals surface area (Å²) >= 11 is 0. The van der Waals surface area contributed by atoms with Crippen molar-refractivity contribution in [2.45, 2.75) is 44.7 Å². The number of hydrogen-bond acceptors (Lipinski definition) is 5. The molecular formula is C23H25F2N5. The molecule has 0 saturated heterocycles. The first-order valence-electron chi connectivity index (χ1n) is 10.2. The van der Waals surface area contributed by atoms with Crippen LogP contribution in [0.3, 0.4) is 0 Å². The van der Waals surface area contributed by atoms with Crippen molar-refractivity contribution in [3.05, 3.63) is 65.9 Å². The summed E-state index contributed by atoms with van der Waals surface area (Å²) in [4.78, 5) is 8.73. The summed E-state index contributed by atoms with van der Waals surface area (Å²) in [5.41, 5.74) is 8.45. The summed E-state index contributed by atoms with van der Waals surface area (Å²) in [7, 11) is 0. The molecule has 1 aliphatic rings. The molecule has 2 unspecified atom stereocenters. The van der Waals surface area contributed by atoms with Crippen molar-refractivity contribution in [1.29, 1.82) is 0 Å². The molecule has 2 atom stereocenters. The largest absolute Gasteiger partial charge is 0.363 e. The molecule has 2 heterocycles. The molecular weight excluding hydrogens is 384 g/mol. The van der Waals surface area contributed by atoms with Crippen LogP contribution in [0.15, 0.2) is 48.7 Å². The van der Waals surface area contributed by atoms with E-state index in [-0.39, 0.29) is 23.7 Å². The van der Waals surface area contributed by atoms with Crippen molar-refractivity contribution >= 4 is 17.3 Å². The average molecular weight is 409 g/mol. The summed E-state index contributed by atoms with van der Waals surface area (Å²) < 4.78 is 28.7. The molecule has 0 spiro atoms. The third-order valence-corrected chi connectivity index (χ3v) is 5.48. The maximum atomic E-state index is 14.5. The smallest absolute Gasteiger partial charge is 0.165 e. The number of halogens is 2. The standard InChI is InChI=1S/C23H25F2N5/c1-14-12-18(25)23(29-20-9-5-4-8-19(20)26)30-22(14)28-15-10-11-27-21(13-15)16-6-2-3-7-17(16)24/h2-3,6-7,10-13,19-20H,4-5,8-9,26H2,1H3,(H2,27,28,29,30). The minimum absolute atomic E-state index is 0.00453. The fraction of sp³-hybridized carbons (Fsp3) is 0.304. The third kappa shape index (κ3) is 4.41. The van der Waals surface area contributed by atoms with Crippen LogP contribution < -0.4 is 16.4 Å². The lowest BCUT2D eigenvalue weighted by Crippen LogP contribution is -2.43. The molecule has 0 bridgehead atoms. The summed E-state index contributed by atoms with van der Waals surface area (Å²) in [5.74, 6) is -0.0334. The van der Waals surface area contributed by atoms with Gasteiger partial charge < -0.3 is 16.4 Å². The Hall–Kier alpha value is -3.06. The van der Waals surface area contributed by atoms with Crippen molar-refractivity contribution in [2.75, 3.05) is 10.6 Å². The first-order valence-corrected chi connectivity index (χ1v) is 10.2. The number of nitrogens with two attached hydrogens (primary N) is 1. The first-order chi connectivity index (χ1) is 14.5. The molecule has 4 rings (SSSR count). The Balaban J connectivity index is 1.59. The number of hydrogen-bond donors (Lipinski definition) is 3. The highest BCUT2D eigenvalue weighted by Crippen LogP contribution is 2.28. The van der Waals surface area contributed by atoms with Gasteiger partial charge in [-0.25, -0.2) is 13.8 Å². The predicted molar refractivity (Wildman–Crippen MR) is 116 cm³/mol. The van der Waals surface area contributed by atoms with E-state index in [1.165, 1.54) is 12.1 Å². The van der Waals surface area contributed by atoms with E-state index in [1.54, 1.807) is 43.5 Å². The number of nitrogens with one attached hydrogen (secondary N) is 2. The zero-order valence-corrected chi connectivity index (χ0v) is 16.8. The van der Waals surface area contributed by atoms with Gasteiger partial charge in [-0.2, -0.15) is 0 Å². The monoisotopic (exact) mass is 409 g/mol. The van der Waals surface area contributed by atoms with Crippen LogP contribution in [-0.4, -0.2) is 22.1 Å². The second-order valence-corrected chi connectivity index (χ2v) is 7.72. The molecule has 1 fully saturated rings. The van der Waals surface area contributed by atoms with Crippen molar-refractivity contribution < 1.29 is 8.78 Å². The quantitative estimate of drug-likeness (QED) is 0.543. The van der Waals surface area contributed by atoms with E-state index in [9.17, 15) is 8.78 Å². The molecule has 2 aromatic heterocycles. The van der Waals surface area contributed by atoms with Crippen molar-refractivity contribution in [1.82, 2.24) is 9.97 Å². The molecule has 4 N–H and O–H groups in total. The van der Waals surface area contributed by atoms with Gasteiger partial charge in [-0.05, 0) is 55.7 Å². The van der Waals surface area contributed by atoms with Crippen LogP contribution in [0.1, 0.15) is 31.2 Å². The van der Waals surface area contributed by atoms with E-state index in [0.29, 0.717) is 28.3 Å². The maximum absolute atomic E-state index is 14.5. The zero-order valence-electron chi connectivity index (χ0n) is 16.8. The highest BCUT2D eigenvalue weighted by atomic mass is 19.1. The Kier molecular flexibility index (Phi) is 5.90. The molecule has 5 nitrogen and oxygen atoms in total. The van der Waals surface area contributed by atoms with Gasteiger partial charge in [0.1, 0.15) is 11.6 Å². The topological polar surface area (TPSA) is 75.9 Å². The van der Waals surface area contributed by atoms with Crippen LogP contribution in [-0.2, 0) is 0 Å². The van der Waals surface area contributed by atoms with Crippen LogP contribution >= 0.6 is 0 Å². The van der Waals surface area contributed by atoms with Crippen LogP contribution in [0, 0.1) is 18.6 Å². The molecule has 1 saturated carbocycles. The van der Waals surface area contributed by atoms with Gasteiger partial charge in [0, 0.05) is 29.5 Å². The number of anilines is 3. The predicted octanol–water partition coefficient (Wildman–Crippen LogP) is 5.16. The van der Waals surface area contributed by atoms with Crippen molar-refractivity contribution in [3.8, 4) is 11.3 Å². The summed E-state index contributed by atoms with van der Waals surface area (Å²) in [6.45, 7) is 1.79. The van der Waals surface area contributed by atoms with Crippen LogP contribution in [0.25, 0.3) is 11.3 Å². The Bertz CT molecular complexity index is 1040. The fourth-order valence-corrected chi connectivity index (χ4v) is 3.78. The van der Waals surface area contributed by atoms with Crippen LogP contribution in [0.5, 0.6) is 0 Å². The number of aromatic nitrogens is 2. The lowest BCUT2D eigenvalue weighted by Gasteiger charge is -2.30. The molecule has 0 radical (unpaired) electrons. The summed E-state index contributed by atoms with van der Waals surface area (Å²) in [6, 6.07) is 11.4. The Labute approximate surface area is 174 Å². The maximum Gasteiger partial charge on any atom is 0.165 e. The van der Waals surface area contributed by atoms with E-state index >= 15 is 0 Å². The van der Waals surface area contributed by atoms with Gasteiger partial charge in [0.15, 0.2) is 11.6 Å². The Morgan fingerprint density at radius 2 is 1.80 bits per heavy atom. The minimum atomic E-state index is -0.405. The van der Waals surface area contributed by atoms with Gasteiger partial charge in [0.2, 0.25) is 0 Å². The Morgan fingerprint density at radius 3 is 2.60 bits per heavy atom. The second-order valence-electron chi connectivity index (χ2n) is 7.72. The first kappa shape index (κ1) is 20.2. The number of aryl methyl sites for hydroxylation is 1. The molecule has 1 aromatic carbocycles. The van der Waals surface area contributed by atoms with E-state index in [1.807, 2.05) is 0 Å². The second kappa shape index (κ2) is 8.75. The summed E-state index contributed by atoms with van der Waals surface area (Å²) in [5, 5.41) is 6.39. The molecule has 30 heavy (non-hydrogen) atoms. The molecule has 3 aromatic rings. The SMILES string of the molecule is Cc1cc(F)c(NC2CCCCC2N)nc1Nc1ccnc(-c2ccccc2F)c1. The van der Waals surface area contributed by atoms with Gasteiger partial charge in [-0.15, -0.1) is 0 Å². The number of pyridine rings is 2. The zero-order chi connectivity index (χ0) is 21.1. The van der Waals surface area contributed by atoms with Gasteiger partial charge in [-0.3, -0.25) is 4.98 Å². The highest BCUT2D eigenvalue weighted by Gasteiger charge is 2.23. The van der Waals surface area contributed by atoms with E-state index in [0.717, 1.165) is 25.7 Å². The lowest BCUT2D eigenvalue weighted by molar-refractivity contribution is 0.402. The molecule has 1 aliphatic carbocycles. The van der Waals surface area contributed by atoms with E-state index in [4.69, 9.17) is 5.73 Å². The normalized spacial score (nSPS) is 18.8.